The van der Waals surface area contributed by atoms with Gasteiger partial charge in [0, 0.05) is 6.54 Å². The maximum atomic E-state index is 12.5. The Hall–Kier alpha value is -1.33. The summed E-state index contributed by atoms with van der Waals surface area (Å²) in [4.78, 5) is 0. The van der Waals surface area contributed by atoms with Gasteiger partial charge >= 0.3 is 0 Å². The van der Waals surface area contributed by atoms with Crippen LogP contribution in [0.5, 0.6) is 0 Å². The molecule has 2 heteroatoms. The monoisotopic (exact) mass is 177 g/mol. The highest BCUT2D eigenvalue weighted by Gasteiger charge is 1.92. The summed E-state index contributed by atoms with van der Waals surface area (Å²) in [7, 11) is 0. The van der Waals surface area contributed by atoms with Crippen LogP contribution in [0.2, 0.25) is 0 Å². The number of hydrogen-bond donors (Lipinski definition) is 1. The molecule has 0 aromatic heterocycles. The summed E-state index contributed by atoms with van der Waals surface area (Å²) in [5.41, 5.74) is 1.12. The molecule has 0 aliphatic heterocycles. The van der Waals surface area contributed by atoms with Crippen LogP contribution in [0.4, 0.5) is 4.39 Å². The van der Waals surface area contributed by atoms with Crippen LogP contribution in [0.25, 0.3) is 0 Å². The van der Waals surface area contributed by atoms with Crippen molar-refractivity contribution in [3.05, 3.63) is 35.6 Å². The molecule has 0 atom stereocenters. The molecular weight excluding hydrogens is 165 g/mol. The van der Waals surface area contributed by atoms with E-state index in [-0.39, 0.29) is 5.82 Å². The number of terminal acetylenes is 1. The summed E-state index contributed by atoms with van der Waals surface area (Å²) < 4.78 is 12.5. The van der Waals surface area contributed by atoms with Gasteiger partial charge in [-0.05, 0) is 24.1 Å². The first-order valence-electron chi connectivity index (χ1n) is 4.21. The number of halogens is 1. The minimum absolute atomic E-state index is 0.194. The van der Waals surface area contributed by atoms with E-state index in [1.807, 2.05) is 0 Å². The summed E-state index contributed by atoms with van der Waals surface area (Å²) in [6, 6.07) is 6.51. The van der Waals surface area contributed by atoms with E-state index in [1.165, 1.54) is 12.1 Å². The third-order valence-electron chi connectivity index (χ3n) is 1.73. The normalized spacial score (nSPS) is 9.54. The second kappa shape index (κ2) is 5.34. The molecule has 0 saturated carbocycles. The van der Waals surface area contributed by atoms with Crippen LogP contribution >= 0.6 is 0 Å². The molecule has 0 aliphatic rings. The Morgan fingerprint density at radius 3 is 2.62 bits per heavy atom. The van der Waals surface area contributed by atoms with E-state index in [1.54, 1.807) is 12.1 Å². The summed E-state index contributed by atoms with van der Waals surface area (Å²) >= 11 is 0. The molecule has 0 spiro atoms. The van der Waals surface area contributed by atoms with E-state index in [2.05, 4.69) is 11.2 Å². The van der Waals surface area contributed by atoms with Crippen LogP contribution < -0.4 is 5.32 Å². The van der Waals surface area contributed by atoms with Crippen molar-refractivity contribution in [1.29, 1.82) is 0 Å². The van der Waals surface area contributed by atoms with Gasteiger partial charge in [0.2, 0.25) is 0 Å². The van der Waals surface area contributed by atoms with Crippen LogP contribution in [0.3, 0.4) is 0 Å². The van der Waals surface area contributed by atoms with E-state index < -0.39 is 0 Å². The van der Waals surface area contributed by atoms with Crippen LogP contribution in [-0.2, 0) is 6.42 Å². The number of benzene rings is 1. The predicted octanol–water partition coefficient (Wildman–Crippen LogP) is 1.59. The Kier molecular flexibility index (Phi) is 4.01. The maximum Gasteiger partial charge on any atom is 0.123 e. The van der Waals surface area contributed by atoms with Crippen molar-refractivity contribution >= 4 is 0 Å². The quantitative estimate of drug-likeness (QED) is 0.544. The van der Waals surface area contributed by atoms with Crippen LogP contribution in [0.15, 0.2) is 24.3 Å². The number of hydrogen-bond acceptors (Lipinski definition) is 1. The molecule has 0 amide bonds. The van der Waals surface area contributed by atoms with Gasteiger partial charge in [-0.2, -0.15) is 0 Å². The Bertz CT molecular complexity index is 284. The molecule has 1 nitrogen and oxygen atoms in total. The third kappa shape index (κ3) is 3.73. The summed E-state index contributed by atoms with van der Waals surface area (Å²) in [5.74, 6) is 2.30. The van der Waals surface area contributed by atoms with Gasteiger partial charge in [-0.25, -0.2) is 4.39 Å². The zero-order valence-corrected chi connectivity index (χ0v) is 7.39. The highest BCUT2D eigenvalue weighted by molar-refractivity contribution is 5.16. The average molecular weight is 177 g/mol. The van der Waals surface area contributed by atoms with Gasteiger partial charge in [-0.3, -0.25) is 0 Å². The number of rotatable bonds is 4. The van der Waals surface area contributed by atoms with Crippen molar-refractivity contribution in [2.75, 3.05) is 13.1 Å². The molecule has 0 saturated heterocycles. The lowest BCUT2D eigenvalue weighted by atomic mass is 10.1. The largest absolute Gasteiger partial charge is 0.306 e. The Morgan fingerprint density at radius 1 is 1.31 bits per heavy atom. The van der Waals surface area contributed by atoms with Crippen molar-refractivity contribution < 1.29 is 4.39 Å². The molecular formula is C11H12FN. The summed E-state index contributed by atoms with van der Waals surface area (Å²) in [6.45, 7) is 1.41. The first-order valence-corrected chi connectivity index (χ1v) is 4.21. The zero-order valence-electron chi connectivity index (χ0n) is 7.39. The van der Waals surface area contributed by atoms with Crippen molar-refractivity contribution in [3.8, 4) is 12.3 Å². The van der Waals surface area contributed by atoms with Gasteiger partial charge in [0.25, 0.3) is 0 Å². The fourth-order valence-corrected chi connectivity index (χ4v) is 1.04. The smallest absolute Gasteiger partial charge is 0.123 e. The van der Waals surface area contributed by atoms with Crippen LogP contribution in [0, 0.1) is 18.2 Å². The number of nitrogens with one attached hydrogen (secondary N) is 1. The standard InChI is InChI=1S/C11H12FN/c1-2-8-13-9-7-10-3-5-11(12)6-4-10/h1,3-6,13H,7-9H2. The molecule has 13 heavy (non-hydrogen) atoms. The lowest BCUT2D eigenvalue weighted by Crippen LogP contribution is -2.17. The van der Waals surface area contributed by atoms with Crippen molar-refractivity contribution in [1.82, 2.24) is 5.32 Å². The van der Waals surface area contributed by atoms with Gasteiger partial charge in [0.15, 0.2) is 0 Å². The molecule has 1 aromatic carbocycles. The highest BCUT2D eigenvalue weighted by Crippen LogP contribution is 2.02. The fourth-order valence-electron chi connectivity index (χ4n) is 1.04. The van der Waals surface area contributed by atoms with E-state index in [0.29, 0.717) is 6.54 Å². The fraction of sp³-hybridized carbons (Fsp3) is 0.273. The SMILES string of the molecule is C#CCNCCc1ccc(F)cc1. The third-order valence-corrected chi connectivity index (χ3v) is 1.73. The van der Waals surface area contributed by atoms with E-state index in [0.717, 1.165) is 18.5 Å². The highest BCUT2D eigenvalue weighted by atomic mass is 19.1. The summed E-state index contributed by atoms with van der Waals surface area (Å²) in [6.07, 6.45) is 5.94. The maximum absolute atomic E-state index is 12.5. The second-order valence-corrected chi connectivity index (χ2v) is 2.76. The summed E-state index contributed by atoms with van der Waals surface area (Å²) in [5, 5.41) is 3.07. The second-order valence-electron chi connectivity index (χ2n) is 2.76. The van der Waals surface area contributed by atoms with E-state index in [4.69, 9.17) is 6.42 Å². The minimum Gasteiger partial charge on any atom is -0.306 e. The first-order chi connectivity index (χ1) is 6.33. The minimum atomic E-state index is -0.194. The van der Waals surface area contributed by atoms with Crippen LogP contribution in [0.1, 0.15) is 5.56 Å². The van der Waals surface area contributed by atoms with Crippen molar-refractivity contribution in [3.63, 3.8) is 0 Å². The Morgan fingerprint density at radius 2 is 2.00 bits per heavy atom. The average Bonchev–Trinajstić information content (AvgIpc) is 2.15. The molecule has 0 fully saturated rings. The van der Waals surface area contributed by atoms with Gasteiger partial charge in [-0.15, -0.1) is 6.42 Å². The molecule has 0 unspecified atom stereocenters. The molecule has 0 aliphatic carbocycles. The molecule has 68 valence electrons. The van der Waals surface area contributed by atoms with Crippen LogP contribution in [-0.4, -0.2) is 13.1 Å². The molecule has 0 heterocycles. The molecule has 1 N–H and O–H groups in total. The zero-order chi connectivity index (χ0) is 9.52. The lowest BCUT2D eigenvalue weighted by molar-refractivity contribution is 0.626. The molecule has 1 rings (SSSR count). The Balaban J connectivity index is 2.30. The van der Waals surface area contributed by atoms with E-state index in [9.17, 15) is 4.39 Å². The predicted molar refractivity (Wildman–Crippen MR) is 51.8 cm³/mol. The van der Waals surface area contributed by atoms with Gasteiger partial charge in [-0.1, -0.05) is 18.1 Å². The first kappa shape index (κ1) is 9.76. The van der Waals surface area contributed by atoms with Gasteiger partial charge in [0.05, 0.1) is 6.54 Å². The van der Waals surface area contributed by atoms with E-state index >= 15 is 0 Å². The molecule has 1 aromatic rings. The van der Waals surface area contributed by atoms with Gasteiger partial charge in [0.1, 0.15) is 5.82 Å². The Labute approximate surface area is 78.0 Å². The van der Waals surface area contributed by atoms with Crippen molar-refractivity contribution in [2.24, 2.45) is 0 Å². The molecule has 0 bridgehead atoms. The van der Waals surface area contributed by atoms with Crippen molar-refractivity contribution in [2.45, 2.75) is 6.42 Å². The topological polar surface area (TPSA) is 12.0 Å². The van der Waals surface area contributed by atoms with Gasteiger partial charge < -0.3 is 5.32 Å². The molecule has 0 radical (unpaired) electrons. The lowest BCUT2D eigenvalue weighted by Gasteiger charge is -2.00.